The van der Waals surface area contributed by atoms with Crippen LogP contribution in [0.4, 0.5) is 8.78 Å². The molecule has 2 aromatic rings. The second-order valence-corrected chi connectivity index (χ2v) is 6.53. The SMILES string of the molecule is O=C(NCc1ccc(C(=O)N2CCCC2)cc1)c1cc(F)c(F)cc1Cl. The molecule has 3 rings (SSSR count). The minimum Gasteiger partial charge on any atom is -0.348 e. The van der Waals surface area contributed by atoms with Crippen molar-refractivity contribution in [3.8, 4) is 0 Å². The molecule has 1 fully saturated rings. The molecular weight excluding hydrogens is 362 g/mol. The van der Waals surface area contributed by atoms with Crippen LogP contribution in [0.25, 0.3) is 0 Å². The largest absolute Gasteiger partial charge is 0.348 e. The molecule has 0 spiro atoms. The molecule has 0 atom stereocenters. The molecule has 0 radical (unpaired) electrons. The lowest BCUT2D eigenvalue weighted by atomic mass is 10.1. The monoisotopic (exact) mass is 378 g/mol. The highest BCUT2D eigenvalue weighted by Crippen LogP contribution is 2.20. The molecule has 7 heteroatoms. The normalized spacial score (nSPS) is 13.7. The van der Waals surface area contributed by atoms with Crippen LogP contribution in [0.3, 0.4) is 0 Å². The van der Waals surface area contributed by atoms with Crippen molar-refractivity contribution >= 4 is 23.4 Å². The van der Waals surface area contributed by atoms with Gasteiger partial charge in [-0.15, -0.1) is 0 Å². The summed E-state index contributed by atoms with van der Waals surface area (Å²) in [6, 6.07) is 8.46. The molecule has 0 aromatic heterocycles. The number of carbonyl (C=O) groups excluding carboxylic acids is 2. The van der Waals surface area contributed by atoms with Crippen LogP contribution in [-0.4, -0.2) is 29.8 Å². The fraction of sp³-hybridized carbons (Fsp3) is 0.263. The van der Waals surface area contributed by atoms with Crippen LogP contribution in [0.2, 0.25) is 5.02 Å². The first-order valence-electron chi connectivity index (χ1n) is 8.26. The number of rotatable bonds is 4. The maximum absolute atomic E-state index is 13.3. The maximum Gasteiger partial charge on any atom is 0.253 e. The summed E-state index contributed by atoms with van der Waals surface area (Å²) in [5, 5.41) is 2.44. The number of amides is 2. The molecule has 4 nitrogen and oxygen atoms in total. The zero-order valence-electron chi connectivity index (χ0n) is 13.9. The number of hydrogen-bond donors (Lipinski definition) is 1. The standard InChI is InChI=1S/C19H17ClF2N2O2/c20-15-10-17(22)16(21)9-14(15)18(25)23-11-12-3-5-13(6-4-12)19(26)24-7-1-2-8-24/h3-6,9-10H,1-2,7-8,11H2,(H,23,25). The molecule has 0 saturated carbocycles. The van der Waals surface area contributed by atoms with Crippen LogP contribution in [-0.2, 0) is 6.54 Å². The number of halogens is 3. The van der Waals surface area contributed by atoms with Crippen molar-refractivity contribution in [2.75, 3.05) is 13.1 Å². The van der Waals surface area contributed by atoms with Gasteiger partial charge in [-0.3, -0.25) is 9.59 Å². The number of nitrogens with one attached hydrogen (secondary N) is 1. The number of benzene rings is 2. The molecular formula is C19H17ClF2N2O2. The van der Waals surface area contributed by atoms with E-state index < -0.39 is 17.5 Å². The third-order valence-electron chi connectivity index (χ3n) is 4.30. The Labute approximate surface area is 154 Å². The molecule has 1 heterocycles. The van der Waals surface area contributed by atoms with Gasteiger partial charge < -0.3 is 10.2 Å². The van der Waals surface area contributed by atoms with Crippen molar-refractivity contribution in [2.24, 2.45) is 0 Å². The Morgan fingerprint density at radius 2 is 1.65 bits per heavy atom. The first-order chi connectivity index (χ1) is 12.5. The van der Waals surface area contributed by atoms with E-state index in [0.29, 0.717) is 5.56 Å². The highest BCUT2D eigenvalue weighted by molar-refractivity contribution is 6.33. The molecule has 2 amide bonds. The van der Waals surface area contributed by atoms with Crippen LogP contribution in [0.5, 0.6) is 0 Å². The Hall–Kier alpha value is -2.47. The van der Waals surface area contributed by atoms with E-state index in [-0.39, 0.29) is 23.0 Å². The highest BCUT2D eigenvalue weighted by Gasteiger charge is 2.19. The van der Waals surface area contributed by atoms with E-state index in [4.69, 9.17) is 11.6 Å². The van der Waals surface area contributed by atoms with Gasteiger partial charge in [0.1, 0.15) is 0 Å². The van der Waals surface area contributed by atoms with Gasteiger partial charge in [0.25, 0.3) is 11.8 Å². The predicted molar refractivity (Wildman–Crippen MR) is 94.1 cm³/mol. The van der Waals surface area contributed by atoms with Crippen molar-refractivity contribution in [1.29, 1.82) is 0 Å². The van der Waals surface area contributed by atoms with Crippen molar-refractivity contribution in [3.63, 3.8) is 0 Å². The summed E-state index contributed by atoms with van der Waals surface area (Å²) in [6.45, 7) is 1.74. The molecule has 1 saturated heterocycles. The third-order valence-corrected chi connectivity index (χ3v) is 4.61. The summed E-state index contributed by atoms with van der Waals surface area (Å²) in [5.74, 6) is -2.84. The zero-order chi connectivity index (χ0) is 18.7. The van der Waals surface area contributed by atoms with E-state index >= 15 is 0 Å². The molecule has 26 heavy (non-hydrogen) atoms. The summed E-state index contributed by atoms with van der Waals surface area (Å²) >= 11 is 5.79. The molecule has 1 N–H and O–H groups in total. The Kier molecular flexibility index (Phi) is 5.52. The Bertz CT molecular complexity index is 834. The van der Waals surface area contributed by atoms with Crippen molar-refractivity contribution < 1.29 is 18.4 Å². The quantitative estimate of drug-likeness (QED) is 0.823. The third kappa shape index (κ3) is 4.02. The minimum atomic E-state index is -1.13. The van der Waals surface area contributed by atoms with Gasteiger partial charge in [0.05, 0.1) is 10.6 Å². The van der Waals surface area contributed by atoms with E-state index in [2.05, 4.69) is 5.32 Å². The van der Waals surface area contributed by atoms with Gasteiger partial charge in [-0.1, -0.05) is 23.7 Å². The van der Waals surface area contributed by atoms with Crippen LogP contribution in [0.1, 0.15) is 39.1 Å². The summed E-state index contributed by atoms with van der Waals surface area (Å²) in [7, 11) is 0. The Morgan fingerprint density at radius 1 is 1.04 bits per heavy atom. The average Bonchev–Trinajstić information content (AvgIpc) is 3.17. The molecule has 136 valence electrons. The molecule has 1 aliphatic rings. The lowest BCUT2D eigenvalue weighted by Gasteiger charge is -2.15. The summed E-state index contributed by atoms with van der Waals surface area (Å²) in [6.07, 6.45) is 2.06. The first kappa shape index (κ1) is 18.3. The molecule has 0 unspecified atom stereocenters. The number of nitrogens with zero attached hydrogens (tertiary/aromatic N) is 1. The lowest BCUT2D eigenvalue weighted by molar-refractivity contribution is 0.0792. The van der Waals surface area contributed by atoms with E-state index in [1.165, 1.54) is 0 Å². The van der Waals surface area contributed by atoms with Gasteiger partial charge in [-0.2, -0.15) is 0 Å². The van der Waals surface area contributed by atoms with Crippen molar-refractivity contribution in [2.45, 2.75) is 19.4 Å². The number of carbonyl (C=O) groups is 2. The highest BCUT2D eigenvalue weighted by atomic mass is 35.5. The Balaban J connectivity index is 1.62. The zero-order valence-corrected chi connectivity index (χ0v) is 14.7. The first-order valence-corrected chi connectivity index (χ1v) is 8.64. The van der Waals surface area contributed by atoms with Gasteiger partial charge in [0.15, 0.2) is 11.6 Å². The smallest absolute Gasteiger partial charge is 0.253 e. The summed E-state index contributed by atoms with van der Waals surface area (Å²) in [5.41, 5.74) is 1.24. The van der Waals surface area contributed by atoms with E-state index in [1.54, 1.807) is 24.3 Å². The average molecular weight is 379 g/mol. The van der Waals surface area contributed by atoms with Crippen molar-refractivity contribution in [3.05, 3.63) is 69.7 Å². The Morgan fingerprint density at radius 3 is 2.31 bits per heavy atom. The molecule has 1 aliphatic heterocycles. The fourth-order valence-electron chi connectivity index (χ4n) is 2.84. The van der Waals surface area contributed by atoms with Gasteiger partial charge >= 0.3 is 0 Å². The van der Waals surface area contributed by atoms with E-state index in [9.17, 15) is 18.4 Å². The lowest BCUT2D eigenvalue weighted by Crippen LogP contribution is -2.27. The summed E-state index contributed by atoms with van der Waals surface area (Å²) < 4.78 is 26.3. The molecule has 0 bridgehead atoms. The van der Waals surface area contributed by atoms with Gasteiger partial charge in [-0.25, -0.2) is 8.78 Å². The van der Waals surface area contributed by atoms with Gasteiger partial charge in [0, 0.05) is 25.2 Å². The van der Waals surface area contributed by atoms with Gasteiger partial charge in [0.2, 0.25) is 0 Å². The predicted octanol–water partition coefficient (Wildman–Crippen LogP) is 3.78. The number of likely N-dealkylation sites (tertiary alicyclic amines) is 1. The fourth-order valence-corrected chi connectivity index (χ4v) is 3.08. The topological polar surface area (TPSA) is 49.4 Å². The maximum atomic E-state index is 13.3. The second-order valence-electron chi connectivity index (χ2n) is 6.13. The van der Waals surface area contributed by atoms with Crippen molar-refractivity contribution in [1.82, 2.24) is 10.2 Å². The van der Waals surface area contributed by atoms with Crippen LogP contribution in [0.15, 0.2) is 36.4 Å². The molecule has 0 aliphatic carbocycles. The van der Waals surface area contributed by atoms with Crippen LogP contribution >= 0.6 is 11.6 Å². The number of hydrogen-bond acceptors (Lipinski definition) is 2. The second kappa shape index (κ2) is 7.83. The van der Waals surface area contributed by atoms with Gasteiger partial charge in [-0.05, 0) is 42.7 Å². The van der Waals surface area contributed by atoms with E-state index in [1.807, 2.05) is 4.90 Å². The van der Waals surface area contributed by atoms with Crippen LogP contribution in [0, 0.1) is 11.6 Å². The molecule has 2 aromatic carbocycles. The van der Waals surface area contributed by atoms with E-state index in [0.717, 1.165) is 43.6 Å². The minimum absolute atomic E-state index is 0.00616. The summed E-state index contributed by atoms with van der Waals surface area (Å²) in [4.78, 5) is 26.2. The van der Waals surface area contributed by atoms with Crippen LogP contribution < -0.4 is 5.32 Å².